The monoisotopic (exact) mass is 378 g/mol. The van der Waals surface area contributed by atoms with E-state index in [4.69, 9.17) is 5.14 Å². The summed E-state index contributed by atoms with van der Waals surface area (Å²) < 4.78 is 36.7. The lowest BCUT2D eigenvalue weighted by atomic mass is 10.1. The molecule has 8 heteroatoms. The van der Waals surface area contributed by atoms with E-state index in [2.05, 4.69) is 21.2 Å². The van der Waals surface area contributed by atoms with Gasteiger partial charge in [-0.1, -0.05) is 12.8 Å². The van der Waals surface area contributed by atoms with E-state index in [1.54, 1.807) is 0 Å². The van der Waals surface area contributed by atoms with E-state index in [-0.39, 0.29) is 21.0 Å². The molecular weight excluding hydrogens is 363 g/mol. The van der Waals surface area contributed by atoms with Crippen LogP contribution in [0.15, 0.2) is 21.5 Å². The van der Waals surface area contributed by atoms with Gasteiger partial charge >= 0.3 is 0 Å². The van der Waals surface area contributed by atoms with Gasteiger partial charge in [-0.15, -0.1) is 0 Å². The summed E-state index contributed by atoms with van der Waals surface area (Å²) >= 11 is 2.93. The molecule has 0 saturated heterocycles. The predicted octanol–water partition coefficient (Wildman–Crippen LogP) is 2.15. The fourth-order valence-electron chi connectivity index (χ4n) is 2.14. The van der Waals surface area contributed by atoms with Crippen LogP contribution in [0.4, 0.5) is 4.39 Å². The van der Waals surface area contributed by atoms with Crippen molar-refractivity contribution in [1.29, 1.82) is 0 Å². The largest absolute Gasteiger partial charge is 0.349 e. The van der Waals surface area contributed by atoms with Gasteiger partial charge in [0, 0.05) is 10.5 Å². The third kappa shape index (κ3) is 4.24. The molecule has 1 atom stereocenters. The predicted molar refractivity (Wildman–Crippen MR) is 79.7 cm³/mol. The summed E-state index contributed by atoms with van der Waals surface area (Å²) in [6.07, 6.45) is 3.15. The maximum Gasteiger partial charge on any atom is 0.254 e. The first-order valence-electron chi connectivity index (χ1n) is 6.51. The highest BCUT2D eigenvalue weighted by Gasteiger charge is 2.26. The van der Waals surface area contributed by atoms with Crippen molar-refractivity contribution in [2.45, 2.75) is 37.1 Å². The van der Waals surface area contributed by atoms with Gasteiger partial charge in [0.1, 0.15) is 5.82 Å². The molecule has 1 aliphatic carbocycles. The standard InChI is InChI=1S/C13H16BrFN2O3S/c1-7(4-8-2-3-8)17-13(18)9-5-12(21(16,19)20)10(14)6-11(9)15/h5-8H,2-4H2,1H3,(H,17,18)(H2,16,19,20). The van der Waals surface area contributed by atoms with E-state index >= 15 is 0 Å². The Hall–Kier alpha value is -0.990. The van der Waals surface area contributed by atoms with Crippen molar-refractivity contribution in [2.24, 2.45) is 11.1 Å². The molecule has 1 unspecified atom stereocenters. The molecule has 21 heavy (non-hydrogen) atoms. The lowest BCUT2D eigenvalue weighted by Gasteiger charge is -2.14. The first-order valence-corrected chi connectivity index (χ1v) is 8.85. The van der Waals surface area contributed by atoms with Crippen LogP contribution in [0.25, 0.3) is 0 Å². The average molecular weight is 379 g/mol. The second-order valence-corrected chi connectivity index (χ2v) is 7.75. The maximum atomic E-state index is 13.9. The molecule has 1 aromatic rings. The summed E-state index contributed by atoms with van der Waals surface area (Å²) in [5.41, 5.74) is -0.329. The van der Waals surface area contributed by atoms with E-state index in [1.165, 1.54) is 0 Å². The molecule has 0 heterocycles. The number of primary sulfonamides is 1. The van der Waals surface area contributed by atoms with Crippen LogP contribution in [0, 0.1) is 11.7 Å². The molecule has 0 radical (unpaired) electrons. The Labute approximate surface area is 131 Å². The molecule has 0 aliphatic heterocycles. The number of rotatable bonds is 5. The molecule has 1 fully saturated rings. The molecule has 0 aromatic heterocycles. The maximum absolute atomic E-state index is 13.9. The van der Waals surface area contributed by atoms with Crippen LogP contribution in [0.5, 0.6) is 0 Å². The Bertz CT molecular complexity index is 674. The number of halogens is 2. The molecule has 0 spiro atoms. The van der Waals surface area contributed by atoms with Crippen molar-refractivity contribution in [2.75, 3.05) is 0 Å². The van der Waals surface area contributed by atoms with E-state index in [0.29, 0.717) is 5.92 Å². The SMILES string of the molecule is CC(CC1CC1)NC(=O)c1cc(S(N)(=O)=O)c(Br)cc1F. The smallest absolute Gasteiger partial charge is 0.254 e. The highest BCUT2D eigenvalue weighted by Crippen LogP contribution is 2.33. The van der Waals surface area contributed by atoms with Crippen LogP contribution in [0.3, 0.4) is 0 Å². The van der Waals surface area contributed by atoms with Crippen molar-refractivity contribution >= 4 is 31.9 Å². The number of carbonyl (C=O) groups excluding carboxylic acids is 1. The van der Waals surface area contributed by atoms with E-state index in [0.717, 1.165) is 31.4 Å². The summed E-state index contributed by atoms with van der Waals surface area (Å²) in [4.78, 5) is 11.8. The first kappa shape index (κ1) is 16.4. The Kier molecular flexibility index (Phi) is 4.69. The zero-order valence-electron chi connectivity index (χ0n) is 11.4. The first-order chi connectivity index (χ1) is 9.68. The van der Waals surface area contributed by atoms with Crippen LogP contribution in [-0.2, 0) is 10.0 Å². The molecule has 1 amide bonds. The summed E-state index contributed by atoms with van der Waals surface area (Å²) in [6, 6.07) is 1.79. The van der Waals surface area contributed by atoms with Crippen molar-refractivity contribution in [3.05, 3.63) is 28.0 Å². The van der Waals surface area contributed by atoms with Crippen molar-refractivity contribution in [3.8, 4) is 0 Å². The third-order valence-corrected chi connectivity index (χ3v) is 5.20. The number of carbonyl (C=O) groups is 1. The van der Waals surface area contributed by atoms with Crippen LogP contribution in [0.2, 0.25) is 0 Å². The zero-order valence-corrected chi connectivity index (χ0v) is 13.8. The highest BCUT2D eigenvalue weighted by atomic mass is 79.9. The molecule has 5 nitrogen and oxygen atoms in total. The number of benzene rings is 1. The van der Waals surface area contributed by atoms with Gasteiger partial charge in [-0.25, -0.2) is 17.9 Å². The Morgan fingerprint density at radius 3 is 2.67 bits per heavy atom. The second kappa shape index (κ2) is 6.02. The van der Waals surface area contributed by atoms with E-state index in [9.17, 15) is 17.6 Å². The van der Waals surface area contributed by atoms with Gasteiger partial charge in [0.05, 0.1) is 10.5 Å². The molecule has 3 N–H and O–H groups in total. The fourth-order valence-corrected chi connectivity index (χ4v) is 3.74. The molecular formula is C13H16BrFN2O3S. The van der Waals surface area contributed by atoms with Crippen LogP contribution < -0.4 is 10.5 Å². The summed E-state index contributed by atoms with van der Waals surface area (Å²) in [7, 11) is -4.04. The van der Waals surface area contributed by atoms with Gasteiger partial charge in [0.2, 0.25) is 10.0 Å². The number of nitrogens with two attached hydrogens (primary N) is 1. The summed E-state index contributed by atoms with van der Waals surface area (Å²) in [6.45, 7) is 1.84. The Morgan fingerprint density at radius 2 is 2.14 bits per heavy atom. The minimum Gasteiger partial charge on any atom is -0.349 e. The minimum atomic E-state index is -4.04. The van der Waals surface area contributed by atoms with Gasteiger partial charge in [-0.3, -0.25) is 4.79 Å². The van der Waals surface area contributed by atoms with Crippen molar-refractivity contribution in [1.82, 2.24) is 5.32 Å². The van der Waals surface area contributed by atoms with E-state index < -0.39 is 21.7 Å². The van der Waals surface area contributed by atoms with E-state index in [1.807, 2.05) is 6.92 Å². The van der Waals surface area contributed by atoms with Gasteiger partial charge in [-0.2, -0.15) is 0 Å². The topological polar surface area (TPSA) is 89.3 Å². The van der Waals surface area contributed by atoms with Gasteiger partial charge < -0.3 is 5.32 Å². The lowest BCUT2D eigenvalue weighted by Crippen LogP contribution is -2.33. The number of hydrogen-bond acceptors (Lipinski definition) is 3. The zero-order chi connectivity index (χ0) is 15.8. The number of sulfonamides is 1. The van der Waals surface area contributed by atoms with Gasteiger partial charge in [0.15, 0.2) is 0 Å². The second-order valence-electron chi connectivity index (χ2n) is 5.36. The third-order valence-electron chi connectivity index (χ3n) is 3.33. The van der Waals surface area contributed by atoms with Crippen molar-refractivity contribution < 1.29 is 17.6 Å². The molecule has 1 saturated carbocycles. The van der Waals surface area contributed by atoms with Crippen LogP contribution >= 0.6 is 15.9 Å². The Morgan fingerprint density at radius 1 is 1.52 bits per heavy atom. The quantitative estimate of drug-likeness (QED) is 0.822. The van der Waals surface area contributed by atoms with Gasteiger partial charge in [-0.05, 0) is 47.3 Å². The van der Waals surface area contributed by atoms with Crippen LogP contribution in [-0.4, -0.2) is 20.4 Å². The molecule has 1 aliphatic rings. The van der Waals surface area contributed by atoms with Crippen molar-refractivity contribution in [3.63, 3.8) is 0 Å². The normalized spacial score (nSPS) is 16.6. The average Bonchev–Trinajstić information content (AvgIpc) is 3.10. The lowest BCUT2D eigenvalue weighted by molar-refractivity contribution is 0.0933. The molecule has 2 rings (SSSR count). The molecule has 116 valence electrons. The summed E-state index contributed by atoms with van der Waals surface area (Å²) in [5, 5.41) is 7.72. The van der Waals surface area contributed by atoms with Crippen LogP contribution in [0.1, 0.15) is 36.5 Å². The number of amides is 1. The number of nitrogens with one attached hydrogen (secondary N) is 1. The minimum absolute atomic E-state index is 0.00919. The highest BCUT2D eigenvalue weighted by molar-refractivity contribution is 9.10. The molecule has 0 bridgehead atoms. The summed E-state index contributed by atoms with van der Waals surface area (Å²) in [5.74, 6) is -0.821. The number of hydrogen-bond donors (Lipinski definition) is 2. The fraction of sp³-hybridized carbons (Fsp3) is 0.462. The van der Waals surface area contributed by atoms with Gasteiger partial charge in [0.25, 0.3) is 5.91 Å². The molecule has 1 aromatic carbocycles. The Balaban J connectivity index is 2.23.